The van der Waals surface area contributed by atoms with Gasteiger partial charge in [-0.15, -0.1) is 0 Å². The largest absolute Gasteiger partial charge is 0.369 e. The van der Waals surface area contributed by atoms with Gasteiger partial charge in [0.1, 0.15) is 11.6 Å². The number of nitrogens with zero attached hydrogens (tertiary/aromatic N) is 1. The Labute approximate surface area is 140 Å². The first kappa shape index (κ1) is 16.1. The van der Waals surface area contributed by atoms with Crippen LogP contribution >= 0.6 is 0 Å². The van der Waals surface area contributed by atoms with Crippen LogP contribution in [0.2, 0.25) is 0 Å². The van der Waals surface area contributed by atoms with Gasteiger partial charge < -0.3 is 9.72 Å². The lowest BCUT2D eigenvalue weighted by atomic mass is 10.1. The van der Waals surface area contributed by atoms with Gasteiger partial charge in [0.25, 0.3) is 0 Å². The monoisotopic (exact) mass is 322 g/mol. The number of hydrogen-bond acceptors (Lipinski definition) is 2. The zero-order chi connectivity index (χ0) is 16.6. The number of halogens is 1. The van der Waals surface area contributed by atoms with Crippen LogP contribution in [0, 0.1) is 5.82 Å². The quantitative estimate of drug-likeness (QED) is 0.692. The molecule has 1 N–H and O–H groups in total. The van der Waals surface area contributed by atoms with E-state index in [-0.39, 0.29) is 11.9 Å². The highest BCUT2D eigenvalue weighted by atomic mass is 19.1. The van der Waals surface area contributed by atoms with Crippen molar-refractivity contribution >= 4 is 6.08 Å². The summed E-state index contributed by atoms with van der Waals surface area (Å²) in [7, 11) is 0. The SMILES string of the molecule is Fc1ccc(C(Cc2ncc[nH]2)OC/C=C/c2ccccc2)cc1. The molecule has 1 heterocycles. The fourth-order valence-corrected chi connectivity index (χ4v) is 2.46. The second-order valence-corrected chi connectivity index (χ2v) is 5.43. The van der Waals surface area contributed by atoms with E-state index in [4.69, 9.17) is 4.74 Å². The third-order valence-electron chi connectivity index (χ3n) is 3.68. The molecule has 0 aliphatic carbocycles. The first-order valence-corrected chi connectivity index (χ1v) is 7.88. The predicted molar refractivity (Wildman–Crippen MR) is 92.9 cm³/mol. The van der Waals surface area contributed by atoms with Gasteiger partial charge in [-0.1, -0.05) is 54.6 Å². The van der Waals surface area contributed by atoms with Gasteiger partial charge in [0.2, 0.25) is 0 Å². The van der Waals surface area contributed by atoms with Crippen molar-refractivity contribution in [3.8, 4) is 0 Å². The average molecular weight is 322 g/mol. The van der Waals surface area contributed by atoms with Crippen LogP contribution in [0.15, 0.2) is 73.1 Å². The maximum Gasteiger partial charge on any atom is 0.123 e. The predicted octanol–water partition coefficient (Wildman–Crippen LogP) is 4.56. The van der Waals surface area contributed by atoms with Crippen molar-refractivity contribution in [1.82, 2.24) is 9.97 Å². The van der Waals surface area contributed by atoms with Crippen molar-refractivity contribution in [2.75, 3.05) is 6.61 Å². The van der Waals surface area contributed by atoms with Gasteiger partial charge >= 0.3 is 0 Å². The molecule has 0 amide bonds. The maximum atomic E-state index is 13.2. The zero-order valence-electron chi connectivity index (χ0n) is 13.2. The molecule has 0 radical (unpaired) electrons. The molecule has 3 nitrogen and oxygen atoms in total. The van der Waals surface area contributed by atoms with Crippen LogP contribution in [0.4, 0.5) is 4.39 Å². The number of benzene rings is 2. The molecule has 24 heavy (non-hydrogen) atoms. The summed E-state index contributed by atoms with van der Waals surface area (Å²) < 4.78 is 19.1. The van der Waals surface area contributed by atoms with Gasteiger partial charge in [0, 0.05) is 18.8 Å². The minimum atomic E-state index is -0.250. The van der Waals surface area contributed by atoms with Crippen LogP contribution in [0.3, 0.4) is 0 Å². The molecule has 1 atom stereocenters. The summed E-state index contributed by atoms with van der Waals surface area (Å²) in [6.45, 7) is 0.470. The number of aromatic amines is 1. The summed E-state index contributed by atoms with van der Waals surface area (Å²) in [4.78, 5) is 7.33. The third kappa shape index (κ3) is 4.64. The van der Waals surface area contributed by atoms with Crippen molar-refractivity contribution in [3.05, 3.63) is 95.8 Å². The molecule has 0 bridgehead atoms. The molecule has 0 aliphatic rings. The van der Waals surface area contributed by atoms with Crippen molar-refractivity contribution < 1.29 is 9.13 Å². The molecule has 0 fully saturated rings. The third-order valence-corrected chi connectivity index (χ3v) is 3.68. The van der Waals surface area contributed by atoms with E-state index in [1.165, 1.54) is 12.1 Å². The molecule has 0 saturated heterocycles. The Bertz CT molecular complexity index is 752. The van der Waals surface area contributed by atoms with Crippen molar-refractivity contribution in [2.24, 2.45) is 0 Å². The van der Waals surface area contributed by atoms with Crippen LogP contribution in [0.25, 0.3) is 6.08 Å². The Balaban J connectivity index is 1.65. The molecule has 3 rings (SSSR count). The number of ether oxygens (including phenoxy) is 1. The molecule has 2 aromatic carbocycles. The molecule has 0 aliphatic heterocycles. The summed E-state index contributed by atoms with van der Waals surface area (Å²) in [5.74, 6) is 0.593. The second kappa shape index (κ2) is 8.22. The van der Waals surface area contributed by atoms with Crippen LogP contribution in [-0.2, 0) is 11.2 Å². The topological polar surface area (TPSA) is 37.9 Å². The second-order valence-electron chi connectivity index (χ2n) is 5.43. The molecule has 122 valence electrons. The van der Waals surface area contributed by atoms with E-state index in [1.54, 1.807) is 24.5 Å². The number of hydrogen-bond donors (Lipinski definition) is 1. The zero-order valence-corrected chi connectivity index (χ0v) is 13.2. The standard InChI is InChI=1S/C20H19FN2O/c21-18-10-8-17(9-11-18)19(15-20-22-12-13-23-20)24-14-4-7-16-5-2-1-3-6-16/h1-13,19H,14-15H2,(H,22,23)/b7-4+. The molecule has 0 spiro atoms. The summed E-state index contributed by atoms with van der Waals surface area (Å²) >= 11 is 0. The van der Waals surface area contributed by atoms with Crippen LogP contribution < -0.4 is 0 Å². The molecular formula is C20H19FN2O. The number of imidazole rings is 1. The van der Waals surface area contributed by atoms with E-state index in [9.17, 15) is 4.39 Å². The normalized spacial score (nSPS) is 12.5. The van der Waals surface area contributed by atoms with Crippen LogP contribution in [0.1, 0.15) is 23.1 Å². The maximum absolute atomic E-state index is 13.2. The average Bonchev–Trinajstić information content (AvgIpc) is 3.12. The summed E-state index contributed by atoms with van der Waals surface area (Å²) in [6.07, 6.45) is 7.93. The molecule has 0 saturated carbocycles. The first-order valence-electron chi connectivity index (χ1n) is 7.88. The van der Waals surface area contributed by atoms with Crippen LogP contribution in [0.5, 0.6) is 0 Å². The van der Waals surface area contributed by atoms with Crippen molar-refractivity contribution in [2.45, 2.75) is 12.5 Å². The van der Waals surface area contributed by atoms with Gasteiger partial charge in [0.15, 0.2) is 0 Å². The Morgan fingerprint density at radius 1 is 1.08 bits per heavy atom. The van der Waals surface area contributed by atoms with Crippen LogP contribution in [-0.4, -0.2) is 16.6 Å². The molecule has 3 aromatic rings. The smallest absolute Gasteiger partial charge is 0.123 e. The molecular weight excluding hydrogens is 303 g/mol. The Hall–Kier alpha value is -2.72. The lowest BCUT2D eigenvalue weighted by molar-refractivity contribution is 0.0733. The van der Waals surface area contributed by atoms with Gasteiger partial charge in [-0.2, -0.15) is 0 Å². The molecule has 4 heteroatoms. The first-order chi connectivity index (χ1) is 11.8. The summed E-state index contributed by atoms with van der Waals surface area (Å²) in [5.41, 5.74) is 2.06. The van der Waals surface area contributed by atoms with E-state index < -0.39 is 0 Å². The highest BCUT2D eigenvalue weighted by molar-refractivity contribution is 5.48. The van der Waals surface area contributed by atoms with Gasteiger partial charge in [-0.3, -0.25) is 0 Å². The van der Waals surface area contributed by atoms with E-state index in [1.807, 2.05) is 42.5 Å². The van der Waals surface area contributed by atoms with Gasteiger partial charge in [-0.05, 0) is 23.3 Å². The summed E-state index contributed by atoms with van der Waals surface area (Å²) in [5, 5.41) is 0. The fourth-order valence-electron chi connectivity index (χ4n) is 2.46. The van der Waals surface area contributed by atoms with E-state index in [0.717, 1.165) is 17.0 Å². The number of rotatable bonds is 7. The van der Waals surface area contributed by atoms with E-state index in [0.29, 0.717) is 13.0 Å². The van der Waals surface area contributed by atoms with Crippen molar-refractivity contribution in [3.63, 3.8) is 0 Å². The summed E-state index contributed by atoms with van der Waals surface area (Å²) in [6, 6.07) is 16.5. The van der Waals surface area contributed by atoms with Crippen molar-refractivity contribution in [1.29, 1.82) is 0 Å². The molecule has 1 unspecified atom stereocenters. The lowest BCUT2D eigenvalue weighted by Crippen LogP contribution is -2.09. The van der Waals surface area contributed by atoms with Gasteiger partial charge in [-0.25, -0.2) is 9.37 Å². The Morgan fingerprint density at radius 2 is 1.88 bits per heavy atom. The highest BCUT2D eigenvalue weighted by Crippen LogP contribution is 2.21. The van der Waals surface area contributed by atoms with E-state index in [2.05, 4.69) is 9.97 Å². The minimum Gasteiger partial charge on any atom is -0.369 e. The number of H-pyrrole nitrogens is 1. The minimum absolute atomic E-state index is 0.183. The number of aromatic nitrogens is 2. The fraction of sp³-hybridized carbons (Fsp3) is 0.150. The Morgan fingerprint density at radius 3 is 2.58 bits per heavy atom. The highest BCUT2D eigenvalue weighted by Gasteiger charge is 2.14. The number of nitrogens with one attached hydrogen (secondary N) is 1. The Kier molecular flexibility index (Phi) is 5.53. The van der Waals surface area contributed by atoms with E-state index >= 15 is 0 Å². The molecule has 1 aromatic heterocycles. The van der Waals surface area contributed by atoms with Gasteiger partial charge in [0.05, 0.1) is 12.7 Å². The lowest BCUT2D eigenvalue weighted by Gasteiger charge is -2.16.